The molecule has 0 radical (unpaired) electrons. The van der Waals surface area contributed by atoms with Crippen LogP contribution in [0.25, 0.3) is 18.2 Å². The van der Waals surface area contributed by atoms with E-state index in [0.29, 0.717) is 5.69 Å². The summed E-state index contributed by atoms with van der Waals surface area (Å²) in [4.78, 5) is 3.98. The van der Waals surface area contributed by atoms with Gasteiger partial charge in [0.05, 0.1) is 5.41 Å². The smallest absolute Gasteiger partial charge is 0.255 e. The van der Waals surface area contributed by atoms with Gasteiger partial charge in [-0.3, -0.25) is 9.71 Å². The molecule has 0 unspecified atom stereocenters. The zero-order valence-electron chi connectivity index (χ0n) is 14.0. The van der Waals surface area contributed by atoms with Gasteiger partial charge in [-0.2, -0.15) is 0 Å². The first-order valence-electron chi connectivity index (χ1n) is 8.05. The molecule has 0 saturated carbocycles. The minimum atomic E-state index is -3.58. The average Bonchev–Trinajstić information content (AvgIpc) is 2.67. The quantitative estimate of drug-likeness (QED) is 0.693. The van der Waals surface area contributed by atoms with Crippen molar-refractivity contribution in [1.82, 2.24) is 4.98 Å². The minimum Gasteiger partial charge on any atom is -0.280 e. The highest BCUT2D eigenvalue weighted by molar-refractivity contribution is 7.95. The van der Waals surface area contributed by atoms with Crippen molar-refractivity contribution in [3.8, 4) is 0 Å². The molecule has 0 amide bonds. The number of aromatic nitrogens is 1. The summed E-state index contributed by atoms with van der Waals surface area (Å²) in [6.45, 7) is 0. The molecule has 130 valence electrons. The first-order valence-corrected chi connectivity index (χ1v) is 9.59. The van der Waals surface area contributed by atoms with Crippen molar-refractivity contribution in [3.63, 3.8) is 0 Å². The van der Waals surface area contributed by atoms with Gasteiger partial charge in [-0.25, -0.2) is 8.42 Å². The third kappa shape index (κ3) is 5.43. The minimum absolute atomic E-state index is 0.514. The Bertz CT molecular complexity index is 1010. The number of benzene rings is 2. The van der Waals surface area contributed by atoms with Gasteiger partial charge in [0, 0.05) is 18.1 Å². The molecule has 0 spiro atoms. The number of rotatable bonds is 6. The molecule has 0 aliphatic carbocycles. The van der Waals surface area contributed by atoms with E-state index in [1.165, 1.54) is 5.41 Å². The molecular formula is C21H18N2O2S. The SMILES string of the molecule is O=S(=O)(/C=C/c1ccccc1)Nc1cccc(/C=C/c2ccncc2)c1. The number of sulfonamides is 1. The van der Waals surface area contributed by atoms with Crippen LogP contribution in [0.15, 0.2) is 84.5 Å². The van der Waals surface area contributed by atoms with Crippen LogP contribution in [0.2, 0.25) is 0 Å². The Balaban J connectivity index is 1.72. The molecule has 0 atom stereocenters. The van der Waals surface area contributed by atoms with Gasteiger partial charge in [-0.05, 0) is 47.0 Å². The van der Waals surface area contributed by atoms with E-state index in [2.05, 4.69) is 9.71 Å². The summed E-state index contributed by atoms with van der Waals surface area (Å²) >= 11 is 0. The zero-order valence-corrected chi connectivity index (χ0v) is 14.8. The fourth-order valence-electron chi connectivity index (χ4n) is 2.30. The normalized spacial score (nSPS) is 11.8. The Labute approximate surface area is 153 Å². The highest BCUT2D eigenvalue weighted by atomic mass is 32.2. The molecule has 1 heterocycles. The van der Waals surface area contributed by atoms with Crippen LogP contribution >= 0.6 is 0 Å². The van der Waals surface area contributed by atoms with Gasteiger partial charge < -0.3 is 0 Å². The van der Waals surface area contributed by atoms with Crippen LogP contribution < -0.4 is 4.72 Å². The number of pyridine rings is 1. The van der Waals surface area contributed by atoms with Crippen LogP contribution in [0.1, 0.15) is 16.7 Å². The van der Waals surface area contributed by atoms with Crippen LogP contribution in [0.4, 0.5) is 5.69 Å². The van der Waals surface area contributed by atoms with E-state index < -0.39 is 10.0 Å². The molecule has 0 aliphatic heterocycles. The summed E-state index contributed by atoms with van der Waals surface area (Å²) in [7, 11) is -3.58. The molecule has 1 N–H and O–H groups in total. The van der Waals surface area contributed by atoms with Crippen LogP contribution in [0.5, 0.6) is 0 Å². The van der Waals surface area contributed by atoms with Crippen molar-refractivity contribution in [3.05, 3.63) is 101 Å². The van der Waals surface area contributed by atoms with Crippen molar-refractivity contribution < 1.29 is 8.42 Å². The molecule has 0 aliphatic rings. The standard InChI is InChI=1S/C21H18N2O2S/c24-26(25,16-13-18-5-2-1-3-6-18)23-21-8-4-7-20(17-21)10-9-19-11-14-22-15-12-19/h1-17,23H/b10-9+,16-13+. The van der Waals surface area contributed by atoms with Crippen LogP contribution in [0.3, 0.4) is 0 Å². The fraction of sp³-hybridized carbons (Fsp3) is 0. The Morgan fingerprint density at radius 2 is 1.38 bits per heavy atom. The van der Waals surface area contributed by atoms with Gasteiger partial charge in [-0.1, -0.05) is 54.6 Å². The number of anilines is 1. The Hall–Kier alpha value is -3.18. The average molecular weight is 362 g/mol. The Morgan fingerprint density at radius 3 is 2.15 bits per heavy atom. The maximum atomic E-state index is 12.2. The predicted octanol–water partition coefficient (Wildman–Crippen LogP) is 4.66. The summed E-state index contributed by atoms with van der Waals surface area (Å²) < 4.78 is 27.1. The van der Waals surface area contributed by atoms with Gasteiger partial charge >= 0.3 is 0 Å². The van der Waals surface area contributed by atoms with Crippen molar-refractivity contribution >= 4 is 33.9 Å². The second-order valence-corrected chi connectivity index (χ2v) is 7.17. The molecule has 1 aromatic heterocycles. The largest absolute Gasteiger partial charge is 0.280 e. The number of nitrogens with one attached hydrogen (secondary N) is 1. The lowest BCUT2D eigenvalue weighted by Crippen LogP contribution is -2.08. The van der Waals surface area contributed by atoms with Crippen LogP contribution in [-0.4, -0.2) is 13.4 Å². The van der Waals surface area contributed by atoms with Gasteiger partial charge in [0.1, 0.15) is 0 Å². The molecule has 0 bridgehead atoms. The molecule has 0 saturated heterocycles. The molecule has 26 heavy (non-hydrogen) atoms. The summed E-state index contributed by atoms with van der Waals surface area (Å²) in [6.07, 6.45) is 8.89. The maximum absolute atomic E-state index is 12.2. The molecular weight excluding hydrogens is 344 g/mol. The summed E-state index contributed by atoms with van der Waals surface area (Å²) in [5.74, 6) is 0. The van der Waals surface area contributed by atoms with E-state index in [1.807, 2.05) is 66.7 Å². The number of hydrogen-bond donors (Lipinski definition) is 1. The molecule has 4 nitrogen and oxygen atoms in total. The van der Waals surface area contributed by atoms with Gasteiger partial charge in [0.15, 0.2) is 0 Å². The van der Waals surface area contributed by atoms with Crippen molar-refractivity contribution in [2.75, 3.05) is 4.72 Å². The highest BCUT2D eigenvalue weighted by Crippen LogP contribution is 2.16. The number of nitrogens with zero attached hydrogens (tertiary/aromatic N) is 1. The summed E-state index contributed by atoms with van der Waals surface area (Å²) in [6, 6.07) is 20.3. The molecule has 3 aromatic rings. The molecule has 5 heteroatoms. The van der Waals surface area contributed by atoms with E-state index in [-0.39, 0.29) is 0 Å². The lowest BCUT2D eigenvalue weighted by Gasteiger charge is -2.05. The number of hydrogen-bond acceptors (Lipinski definition) is 3. The van der Waals surface area contributed by atoms with Crippen molar-refractivity contribution in [2.24, 2.45) is 0 Å². The summed E-state index contributed by atoms with van der Waals surface area (Å²) in [5.41, 5.74) is 3.26. The third-order valence-electron chi connectivity index (χ3n) is 3.56. The first-order chi connectivity index (χ1) is 12.6. The zero-order chi connectivity index (χ0) is 18.2. The van der Waals surface area contributed by atoms with Crippen molar-refractivity contribution in [1.29, 1.82) is 0 Å². The monoisotopic (exact) mass is 362 g/mol. The predicted molar refractivity (Wildman–Crippen MR) is 108 cm³/mol. The summed E-state index contributed by atoms with van der Waals surface area (Å²) in [5, 5.41) is 1.17. The van der Waals surface area contributed by atoms with Crippen LogP contribution in [-0.2, 0) is 10.0 Å². The second kappa shape index (κ2) is 8.27. The van der Waals surface area contributed by atoms with E-state index in [0.717, 1.165) is 16.7 Å². The Morgan fingerprint density at radius 1 is 0.731 bits per heavy atom. The lowest BCUT2D eigenvalue weighted by molar-refractivity contribution is 0.609. The van der Waals surface area contributed by atoms with E-state index >= 15 is 0 Å². The molecule has 3 rings (SSSR count). The maximum Gasteiger partial charge on any atom is 0.255 e. The van der Waals surface area contributed by atoms with Crippen molar-refractivity contribution in [2.45, 2.75) is 0 Å². The molecule has 0 fully saturated rings. The highest BCUT2D eigenvalue weighted by Gasteiger charge is 2.05. The topological polar surface area (TPSA) is 59.1 Å². The van der Waals surface area contributed by atoms with E-state index in [4.69, 9.17) is 0 Å². The lowest BCUT2D eigenvalue weighted by atomic mass is 10.1. The fourth-order valence-corrected chi connectivity index (χ4v) is 3.16. The third-order valence-corrected chi connectivity index (χ3v) is 4.57. The van der Waals surface area contributed by atoms with Gasteiger partial charge in [0.25, 0.3) is 10.0 Å². The molecule has 2 aromatic carbocycles. The van der Waals surface area contributed by atoms with Gasteiger partial charge in [-0.15, -0.1) is 0 Å². The van der Waals surface area contributed by atoms with Gasteiger partial charge in [0.2, 0.25) is 0 Å². The van der Waals surface area contributed by atoms with E-state index in [1.54, 1.807) is 30.6 Å². The van der Waals surface area contributed by atoms with Crippen LogP contribution in [0, 0.1) is 0 Å². The first kappa shape index (κ1) is 17.6. The Kier molecular flexibility index (Phi) is 5.61. The second-order valence-electron chi connectivity index (χ2n) is 5.60. The van der Waals surface area contributed by atoms with E-state index in [9.17, 15) is 8.42 Å².